The highest BCUT2D eigenvalue weighted by Gasteiger charge is 2.16. The minimum atomic E-state index is -0.0411. The molecule has 7 nitrogen and oxygen atoms in total. The highest BCUT2D eigenvalue weighted by molar-refractivity contribution is 7.99. The maximum atomic E-state index is 12.1. The van der Waals surface area contributed by atoms with E-state index in [1.54, 1.807) is 14.2 Å². The van der Waals surface area contributed by atoms with Crippen molar-refractivity contribution in [3.8, 4) is 17.1 Å². The van der Waals surface area contributed by atoms with Crippen LogP contribution in [-0.2, 0) is 16.1 Å². The number of hydrogen-bond acceptors (Lipinski definition) is 6. The molecule has 0 aliphatic rings. The van der Waals surface area contributed by atoms with Crippen molar-refractivity contribution < 1.29 is 14.3 Å². The number of hydrogen-bond donors (Lipinski definition) is 1. The molecular formula is C19H28N4O3S. The second-order valence-electron chi connectivity index (χ2n) is 6.25. The fourth-order valence-corrected chi connectivity index (χ4v) is 3.38. The molecule has 1 atom stereocenters. The van der Waals surface area contributed by atoms with Crippen molar-refractivity contribution in [2.24, 2.45) is 0 Å². The van der Waals surface area contributed by atoms with Crippen molar-refractivity contribution in [3.63, 3.8) is 0 Å². The molecule has 0 spiro atoms. The van der Waals surface area contributed by atoms with Crippen LogP contribution in [0.2, 0.25) is 0 Å². The van der Waals surface area contributed by atoms with Crippen LogP contribution >= 0.6 is 11.8 Å². The summed E-state index contributed by atoms with van der Waals surface area (Å²) in [6.07, 6.45) is 2.09. The zero-order valence-corrected chi connectivity index (χ0v) is 17.2. The first-order valence-electron chi connectivity index (χ1n) is 9.07. The third-order valence-electron chi connectivity index (χ3n) is 3.96. The first-order valence-corrected chi connectivity index (χ1v) is 10.1. The van der Waals surface area contributed by atoms with Gasteiger partial charge in [0.05, 0.1) is 19.5 Å². The largest absolute Gasteiger partial charge is 0.497 e. The number of unbranched alkanes of at least 4 members (excludes halogenated alkanes) is 1. The maximum absolute atomic E-state index is 12.1. The molecule has 1 amide bonds. The average Bonchev–Trinajstić information content (AvgIpc) is 3.07. The second kappa shape index (κ2) is 10.9. The Kier molecular flexibility index (Phi) is 8.60. The van der Waals surface area contributed by atoms with E-state index < -0.39 is 0 Å². The molecule has 0 unspecified atom stereocenters. The maximum Gasteiger partial charge on any atom is 0.230 e. The Morgan fingerprint density at radius 3 is 2.63 bits per heavy atom. The van der Waals surface area contributed by atoms with Gasteiger partial charge in [0.25, 0.3) is 0 Å². The lowest BCUT2D eigenvalue weighted by atomic mass is 10.2. The standard InChI is InChI=1S/C19H28N4O3S/c1-5-6-11-23-18(15-7-9-16(26-4)10-8-15)21-22-19(23)27-13-17(24)20-14(2)12-25-3/h7-10,14H,5-6,11-13H2,1-4H3,(H,20,24)/t14-/m1/s1. The van der Waals surface area contributed by atoms with E-state index in [2.05, 4.69) is 27.0 Å². The van der Waals surface area contributed by atoms with Crippen molar-refractivity contribution >= 4 is 17.7 Å². The molecule has 0 saturated heterocycles. The Morgan fingerprint density at radius 1 is 1.26 bits per heavy atom. The predicted octanol–water partition coefficient (Wildman–Crippen LogP) is 3.00. The third kappa shape index (κ3) is 6.25. The van der Waals surface area contributed by atoms with Gasteiger partial charge in [-0.1, -0.05) is 25.1 Å². The molecule has 2 rings (SSSR count). The molecule has 0 saturated carbocycles. The van der Waals surface area contributed by atoms with Crippen LogP contribution < -0.4 is 10.1 Å². The number of methoxy groups -OCH3 is 2. The number of carbonyl (C=O) groups is 1. The summed E-state index contributed by atoms with van der Waals surface area (Å²) < 4.78 is 12.3. The van der Waals surface area contributed by atoms with E-state index in [0.29, 0.717) is 12.4 Å². The SMILES string of the molecule is CCCCn1c(SCC(=O)N[C@H](C)COC)nnc1-c1ccc(OC)cc1. The van der Waals surface area contributed by atoms with Crippen molar-refractivity contribution in [3.05, 3.63) is 24.3 Å². The van der Waals surface area contributed by atoms with Crippen molar-refractivity contribution in [1.82, 2.24) is 20.1 Å². The summed E-state index contributed by atoms with van der Waals surface area (Å²) >= 11 is 1.40. The summed E-state index contributed by atoms with van der Waals surface area (Å²) in [4.78, 5) is 12.1. The number of benzene rings is 1. The molecular weight excluding hydrogens is 364 g/mol. The van der Waals surface area contributed by atoms with E-state index in [9.17, 15) is 4.79 Å². The number of nitrogens with zero attached hydrogens (tertiary/aromatic N) is 3. The Bertz CT molecular complexity index is 718. The molecule has 27 heavy (non-hydrogen) atoms. The van der Waals surface area contributed by atoms with Gasteiger partial charge in [-0.3, -0.25) is 4.79 Å². The molecule has 148 valence electrons. The molecule has 0 bridgehead atoms. The number of aromatic nitrogens is 3. The van der Waals surface area contributed by atoms with E-state index in [1.165, 1.54) is 11.8 Å². The minimum absolute atomic E-state index is 0.0177. The van der Waals surface area contributed by atoms with Crippen molar-refractivity contribution in [1.29, 1.82) is 0 Å². The van der Waals surface area contributed by atoms with Gasteiger partial charge in [-0.15, -0.1) is 10.2 Å². The first-order chi connectivity index (χ1) is 13.1. The van der Waals surface area contributed by atoms with Crippen LogP contribution in [-0.4, -0.2) is 53.3 Å². The zero-order valence-electron chi connectivity index (χ0n) is 16.4. The molecule has 1 aromatic carbocycles. The lowest BCUT2D eigenvalue weighted by Crippen LogP contribution is -2.36. The fourth-order valence-electron chi connectivity index (χ4n) is 2.61. The van der Waals surface area contributed by atoms with Gasteiger partial charge in [0.2, 0.25) is 5.91 Å². The van der Waals surface area contributed by atoms with E-state index >= 15 is 0 Å². The van der Waals surface area contributed by atoms with Crippen LogP contribution in [0.25, 0.3) is 11.4 Å². The number of thioether (sulfide) groups is 1. The molecule has 8 heteroatoms. The molecule has 1 heterocycles. The summed E-state index contributed by atoms with van der Waals surface area (Å²) in [6, 6.07) is 7.74. The Hall–Kier alpha value is -2.06. The Balaban J connectivity index is 2.11. The van der Waals surface area contributed by atoms with E-state index in [4.69, 9.17) is 9.47 Å². The number of ether oxygens (including phenoxy) is 2. The highest BCUT2D eigenvalue weighted by Crippen LogP contribution is 2.26. The van der Waals surface area contributed by atoms with Gasteiger partial charge in [-0.2, -0.15) is 0 Å². The van der Waals surface area contributed by atoms with Gasteiger partial charge >= 0.3 is 0 Å². The summed E-state index contributed by atoms with van der Waals surface area (Å²) in [7, 11) is 3.26. The summed E-state index contributed by atoms with van der Waals surface area (Å²) in [5.41, 5.74) is 0.976. The van der Waals surface area contributed by atoms with Crippen LogP contribution in [0.3, 0.4) is 0 Å². The van der Waals surface area contributed by atoms with Crippen LogP contribution in [0, 0.1) is 0 Å². The zero-order chi connectivity index (χ0) is 19.6. The van der Waals surface area contributed by atoms with Gasteiger partial charge in [0.15, 0.2) is 11.0 Å². The average molecular weight is 393 g/mol. The third-order valence-corrected chi connectivity index (χ3v) is 4.92. The molecule has 0 radical (unpaired) electrons. The number of rotatable bonds is 11. The van der Waals surface area contributed by atoms with Crippen LogP contribution in [0.1, 0.15) is 26.7 Å². The summed E-state index contributed by atoms with van der Waals surface area (Å²) in [6.45, 7) is 5.37. The summed E-state index contributed by atoms with van der Waals surface area (Å²) in [5.74, 6) is 1.86. The van der Waals surface area contributed by atoms with E-state index in [0.717, 1.165) is 41.7 Å². The smallest absolute Gasteiger partial charge is 0.230 e. The van der Waals surface area contributed by atoms with Crippen molar-refractivity contribution in [2.45, 2.75) is 44.4 Å². The van der Waals surface area contributed by atoms with Gasteiger partial charge in [0, 0.05) is 25.3 Å². The minimum Gasteiger partial charge on any atom is -0.497 e. The van der Waals surface area contributed by atoms with E-state index in [1.807, 2.05) is 31.2 Å². The number of nitrogens with one attached hydrogen (secondary N) is 1. The molecule has 1 N–H and O–H groups in total. The van der Waals surface area contributed by atoms with Gasteiger partial charge < -0.3 is 19.4 Å². The van der Waals surface area contributed by atoms with Crippen LogP contribution in [0.4, 0.5) is 0 Å². The Morgan fingerprint density at radius 2 is 2.00 bits per heavy atom. The highest BCUT2D eigenvalue weighted by atomic mass is 32.2. The Labute approximate surface area is 164 Å². The number of amides is 1. The normalized spacial score (nSPS) is 12.0. The summed E-state index contributed by atoms with van der Waals surface area (Å²) in [5, 5.41) is 12.3. The lowest BCUT2D eigenvalue weighted by molar-refractivity contribution is -0.119. The lowest BCUT2D eigenvalue weighted by Gasteiger charge is -2.13. The molecule has 0 fully saturated rings. The number of carbonyl (C=O) groups excluding carboxylic acids is 1. The fraction of sp³-hybridized carbons (Fsp3) is 0.526. The first kappa shape index (κ1) is 21.2. The van der Waals surface area contributed by atoms with E-state index in [-0.39, 0.29) is 11.9 Å². The topological polar surface area (TPSA) is 78.3 Å². The second-order valence-corrected chi connectivity index (χ2v) is 7.19. The van der Waals surface area contributed by atoms with Crippen molar-refractivity contribution in [2.75, 3.05) is 26.6 Å². The molecule has 0 aliphatic heterocycles. The van der Waals surface area contributed by atoms with Gasteiger partial charge in [0.1, 0.15) is 5.75 Å². The van der Waals surface area contributed by atoms with Gasteiger partial charge in [-0.25, -0.2) is 0 Å². The quantitative estimate of drug-likeness (QED) is 0.592. The van der Waals surface area contributed by atoms with Crippen LogP contribution in [0.5, 0.6) is 5.75 Å². The predicted molar refractivity (Wildman–Crippen MR) is 107 cm³/mol. The molecule has 1 aromatic heterocycles. The molecule has 2 aromatic rings. The van der Waals surface area contributed by atoms with Crippen LogP contribution in [0.15, 0.2) is 29.4 Å². The molecule has 0 aliphatic carbocycles. The van der Waals surface area contributed by atoms with Gasteiger partial charge in [-0.05, 0) is 37.6 Å². The monoisotopic (exact) mass is 392 g/mol.